The second-order valence-electron chi connectivity index (χ2n) is 7.59. The zero-order valence-corrected chi connectivity index (χ0v) is 22.4. The molecule has 0 radical (unpaired) electrons. The van der Waals surface area contributed by atoms with E-state index < -0.39 is 19.1 Å². The summed E-state index contributed by atoms with van der Waals surface area (Å²) in [4.78, 5) is 29.9. The Bertz CT molecular complexity index is 1320. The van der Waals surface area contributed by atoms with Crippen molar-refractivity contribution in [1.82, 2.24) is 9.97 Å². The summed E-state index contributed by atoms with van der Waals surface area (Å²) in [5.74, 6) is -0.676. The topological polar surface area (TPSA) is 186 Å². The molecule has 0 aliphatic carbocycles. The van der Waals surface area contributed by atoms with Gasteiger partial charge in [-0.1, -0.05) is 36.4 Å². The first-order chi connectivity index (χ1) is 19.2. The molecule has 0 saturated heterocycles. The summed E-state index contributed by atoms with van der Waals surface area (Å²) in [5.41, 5.74) is 2.98. The van der Waals surface area contributed by atoms with Gasteiger partial charge in [-0.2, -0.15) is 4.98 Å². The number of aliphatic hydroxyl groups excluding tert-OH is 2. The Morgan fingerprint density at radius 1 is 0.800 bits per heavy atom. The van der Waals surface area contributed by atoms with E-state index in [1.807, 2.05) is 0 Å². The zero-order chi connectivity index (χ0) is 29.5. The van der Waals surface area contributed by atoms with Crippen LogP contribution in [0, 0.1) is 0 Å². The molecule has 0 saturated carbocycles. The van der Waals surface area contributed by atoms with Crippen molar-refractivity contribution < 1.29 is 48.2 Å². The largest absolute Gasteiger partial charge is 0.488 e. The maximum absolute atomic E-state index is 11.4. The number of benzene rings is 2. The van der Waals surface area contributed by atoms with Gasteiger partial charge in [0.2, 0.25) is 5.89 Å². The van der Waals surface area contributed by atoms with Gasteiger partial charge in [-0.15, -0.1) is 0 Å². The Labute approximate surface area is 234 Å². The zero-order valence-electron chi connectivity index (χ0n) is 21.7. The molecule has 0 bridgehead atoms. The van der Waals surface area contributed by atoms with Crippen LogP contribution >= 0.6 is 11.6 Å². The second kappa shape index (κ2) is 16.8. The number of ether oxygens (including phenoxy) is 2. The van der Waals surface area contributed by atoms with Gasteiger partial charge in [0.05, 0.1) is 26.4 Å². The van der Waals surface area contributed by atoms with Gasteiger partial charge in [-0.25, -0.2) is 14.6 Å². The van der Waals surface area contributed by atoms with Crippen LogP contribution in [0.15, 0.2) is 69.9 Å². The Morgan fingerprint density at radius 2 is 1.27 bits per heavy atom. The SMILES string of the molecule is CCOC(=O)c1coc(-c2ccc(CO)cc2)n1.CCOC(=O)c1coc(Cl)n1.OCc1ccc(B(O)O)cc1. The van der Waals surface area contributed by atoms with Crippen molar-refractivity contribution >= 4 is 36.1 Å². The number of carbonyl (C=O) groups is 2. The average molecular weight is 575 g/mol. The first-order valence-corrected chi connectivity index (χ1v) is 12.3. The van der Waals surface area contributed by atoms with E-state index in [4.69, 9.17) is 41.0 Å². The highest BCUT2D eigenvalue weighted by Crippen LogP contribution is 2.19. The summed E-state index contributed by atoms with van der Waals surface area (Å²) >= 11 is 5.32. The molecule has 0 spiro atoms. The highest BCUT2D eigenvalue weighted by atomic mass is 35.5. The van der Waals surface area contributed by atoms with Crippen molar-refractivity contribution in [2.45, 2.75) is 27.1 Å². The van der Waals surface area contributed by atoms with Gasteiger partial charge in [0.15, 0.2) is 11.4 Å². The minimum atomic E-state index is -1.43. The van der Waals surface area contributed by atoms with Crippen molar-refractivity contribution in [3.05, 3.63) is 88.9 Å². The number of aliphatic hydroxyl groups is 2. The van der Waals surface area contributed by atoms with Crippen molar-refractivity contribution in [1.29, 1.82) is 0 Å². The number of carbonyl (C=O) groups excluding carboxylic acids is 2. The Kier molecular flexibility index (Phi) is 13.6. The lowest BCUT2D eigenvalue weighted by atomic mass is 9.80. The van der Waals surface area contributed by atoms with Crippen LogP contribution in [0.5, 0.6) is 0 Å². The molecule has 4 N–H and O–H groups in total. The minimum absolute atomic E-state index is 0.0139. The predicted octanol–water partition coefficient (Wildman–Crippen LogP) is 2.37. The second-order valence-corrected chi connectivity index (χ2v) is 7.92. The summed E-state index contributed by atoms with van der Waals surface area (Å²) < 4.78 is 19.2. The highest BCUT2D eigenvalue weighted by Gasteiger charge is 2.14. The van der Waals surface area contributed by atoms with Gasteiger partial charge >= 0.3 is 19.1 Å². The van der Waals surface area contributed by atoms with E-state index in [2.05, 4.69) is 19.1 Å². The highest BCUT2D eigenvalue weighted by molar-refractivity contribution is 6.58. The quantitative estimate of drug-likeness (QED) is 0.178. The van der Waals surface area contributed by atoms with Crippen LogP contribution in [0.3, 0.4) is 0 Å². The molecule has 212 valence electrons. The number of aromatic nitrogens is 2. The number of hydrogen-bond donors (Lipinski definition) is 4. The summed E-state index contributed by atoms with van der Waals surface area (Å²) in [6.07, 6.45) is 2.42. The maximum Gasteiger partial charge on any atom is 0.488 e. The molecule has 0 amide bonds. The fraction of sp³-hybridized carbons (Fsp3) is 0.231. The third kappa shape index (κ3) is 10.3. The third-order valence-electron chi connectivity index (χ3n) is 4.79. The molecule has 0 aliphatic rings. The molecule has 0 aliphatic heterocycles. The molecule has 0 fully saturated rings. The minimum Gasteiger partial charge on any atom is -0.461 e. The van der Waals surface area contributed by atoms with Gasteiger partial charge in [-0.3, -0.25) is 0 Å². The lowest BCUT2D eigenvalue weighted by Gasteiger charge is -1.99. The smallest absolute Gasteiger partial charge is 0.461 e. The molecule has 4 rings (SSSR count). The maximum atomic E-state index is 11.4. The average Bonchev–Trinajstić information content (AvgIpc) is 3.64. The molecule has 12 nitrogen and oxygen atoms in total. The Balaban J connectivity index is 0.000000222. The summed E-state index contributed by atoms with van der Waals surface area (Å²) in [7, 11) is -1.43. The van der Waals surface area contributed by atoms with Crippen LogP contribution in [-0.4, -0.2) is 62.5 Å². The van der Waals surface area contributed by atoms with E-state index in [1.54, 1.807) is 62.4 Å². The molecule has 2 heterocycles. The van der Waals surface area contributed by atoms with Crippen molar-refractivity contribution in [3.63, 3.8) is 0 Å². The van der Waals surface area contributed by atoms with E-state index in [9.17, 15) is 9.59 Å². The molecular weight excluding hydrogens is 547 g/mol. The van der Waals surface area contributed by atoms with Crippen molar-refractivity contribution in [2.24, 2.45) is 0 Å². The third-order valence-corrected chi connectivity index (χ3v) is 4.97. The lowest BCUT2D eigenvalue weighted by molar-refractivity contribution is 0.0510. The van der Waals surface area contributed by atoms with E-state index in [-0.39, 0.29) is 30.0 Å². The van der Waals surface area contributed by atoms with Gasteiger partial charge in [-0.05, 0) is 54.2 Å². The standard InChI is InChI=1S/C13H13NO4.C7H9BO3.C6H6ClNO3/c1-2-17-13(16)11-8-18-12(14-11)10-5-3-9(7-15)4-6-10;9-5-6-1-3-7(4-2-6)8(10)11;1-2-10-5(9)4-3-11-6(7)8-4/h3-6,8,15H,2,7H2,1H3;1-4,9-11H,5H2;3H,2H2,1H3. The van der Waals surface area contributed by atoms with E-state index in [0.717, 1.165) is 23.0 Å². The Hall–Kier alpha value is -4.01. The molecule has 40 heavy (non-hydrogen) atoms. The van der Waals surface area contributed by atoms with Crippen LogP contribution in [-0.2, 0) is 22.7 Å². The summed E-state index contributed by atoms with van der Waals surface area (Å²) in [5, 5.41) is 34.9. The van der Waals surface area contributed by atoms with Crippen molar-refractivity contribution in [3.8, 4) is 11.5 Å². The fourth-order valence-electron chi connectivity index (χ4n) is 2.80. The number of nitrogens with zero attached hydrogens (tertiary/aromatic N) is 2. The predicted molar refractivity (Wildman–Crippen MR) is 143 cm³/mol. The van der Waals surface area contributed by atoms with Gasteiger partial charge in [0.1, 0.15) is 12.5 Å². The fourth-order valence-corrected chi connectivity index (χ4v) is 2.94. The van der Waals surface area contributed by atoms with Gasteiger partial charge in [0, 0.05) is 5.56 Å². The molecule has 2 aromatic carbocycles. The number of rotatable bonds is 8. The number of esters is 2. The first kappa shape index (κ1) is 32.2. The molecular formula is C26H28BClN2O10. The van der Waals surface area contributed by atoms with Crippen molar-refractivity contribution in [2.75, 3.05) is 13.2 Å². The molecule has 14 heteroatoms. The molecule has 0 unspecified atom stereocenters. The lowest BCUT2D eigenvalue weighted by Crippen LogP contribution is -2.29. The van der Waals surface area contributed by atoms with Crippen LogP contribution in [0.1, 0.15) is 46.0 Å². The molecule has 0 atom stereocenters. The van der Waals surface area contributed by atoms with Crippen LogP contribution in [0.2, 0.25) is 5.35 Å². The number of halogens is 1. The normalized spacial score (nSPS) is 9.97. The molecule has 4 aromatic rings. The van der Waals surface area contributed by atoms with E-state index in [1.165, 1.54) is 6.26 Å². The monoisotopic (exact) mass is 574 g/mol. The van der Waals surface area contributed by atoms with Gasteiger partial charge < -0.3 is 38.6 Å². The van der Waals surface area contributed by atoms with Crippen LogP contribution < -0.4 is 5.46 Å². The van der Waals surface area contributed by atoms with E-state index in [0.29, 0.717) is 24.6 Å². The summed E-state index contributed by atoms with van der Waals surface area (Å²) in [6.45, 7) is 4.00. The van der Waals surface area contributed by atoms with Crippen LogP contribution in [0.4, 0.5) is 0 Å². The van der Waals surface area contributed by atoms with Gasteiger partial charge in [0.25, 0.3) is 5.35 Å². The number of oxazole rings is 2. The van der Waals surface area contributed by atoms with E-state index >= 15 is 0 Å². The number of hydrogen-bond acceptors (Lipinski definition) is 12. The van der Waals surface area contributed by atoms with Crippen LogP contribution in [0.25, 0.3) is 11.5 Å². The first-order valence-electron chi connectivity index (χ1n) is 11.9. The molecule has 2 aromatic heterocycles. The Morgan fingerprint density at radius 3 is 1.70 bits per heavy atom. The summed E-state index contributed by atoms with van der Waals surface area (Å²) in [6, 6.07) is 13.5.